The van der Waals surface area contributed by atoms with Crippen molar-refractivity contribution in [1.82, 2.24) is 4.98 Å². The minimum absolute atomic E-state index is 0.151. The lowest BCUT2D eigenvalue weighted by Gasteiger charge is -2.27. The second-order valence-electron chi connectivity index (χ2n) is 16.7. The van der Waals surface area contributed by atoms with Crippen LogP contribution in [0.25, 0.3) is 88.3 Å². The highest BCUT2D eigenvalue weighted by molar-refractivity contribution is 6.28. The Labute approximate surface area is 354 Å². The number of nitrogens with zero attached hydrogens (tertiary/aromatic N) is 2. The molecule has 0 amide bonds. The molecule has 1 heterocycles. The van der Waals surface area contributed by atoms with Crippen LogP contribution in [0.3, 0.4) is 0 Å². The first-order valence-electron chi connectivity index (χ1n) is 21.0. The van der Waals surface area contributed by atoms with Gasteiger partial charge in [0, 0.05) is 38.8 Å². The molecule has 0 atom stereocenters. The van der Waals surface area contributed by atoms with E-state index < -0.39 is 0 Å². The first-order valence-corrected chi connectivity index (χ1v) is 21.0. The van der Waals surface area contributed by atoms with Crippen molar-refractivity contribution in [2.75, 3.05) is 4.90 Å². The monoisotopic (exact) mass is 780 g/mol. The summed E-state index contributed by atoms with van der Waals surface area (Å²) in [6.45, 7) is 4.72. The van der Waals surface area contributed by atoms with Crippen LogP contribution in [0.1, 0.15) is 25.0 Å². The molecule has 0 radical (unpaired) electrons. The van der Waals surface area contributed by atoms with Gasteiger partial charge in [0.05, 0.1) is 0 Å². The van der Waals surface area contributed by atoms with Gasteiger partial charge in [-0.05, 0) is 133 Å². The van der Waals surface area contributed by atoms with Crippen molar-refractivity contribution in [2.45, 2.75) is 19.3 Å². The van der Waals surface area contributed by atoms with Gasteiger partial charge in [0.1, 0.15) is 5.52 Å². The maximum Gasteiger partial charge on any atom is 0.227 e. The fraction of sp³-hybridized carbons (Fsp3) is 0.0517. The number of benzene rings is 10. The molecule has 0 bridgehead atoms. The molecule has 0 N–H and O–H groups in total. The maximum absolute atomic E-state index is 6.63. The minimum Gasteiger partial charge on any atom is -0.435 e. The van der Waals surface area contributed by atoms with E-state index in [9.17, 15) is 0 Å². The Morgan fingerprint density at radius 1 is 0.410 bits per heavy atom. The van der Waals surface area contributed by atoms with Crippen molar-refractivity contribution in [3.8, 4) is 44.8 Å². The summed E-state index contributed by atoms with van der Waals surface area (Å²) in [5.74, 6) is 0.637. The summed E-state index contributed by atoms with van der Waals surface area (Å²) < 4.78 is 6.63. The second-order valence-corrected chi connectivity index (χ2v) is 16.7. The van der Waals surface area contributed by atoms with Gasteiger partial charge in [0.25, 0.3) is 0 Å². The van der Waals surface area contributed by atoms with Crippen LogP contribution in [0.15, 0.2) is 211 Å². The highest BCUT2D eigenvalue weighted by Gasteiger charge is 2.36. The molecule has 3 heteroatoms. The molecule has 288 valence electrons. The first kappa shape index (κ1) is 35.2. The third-order valence-electron chi connectivity index (χ3n) is 12.9. The lowest BCUT2D eigenvalue weighted by molar-refractivity contribution is 0.623. The number of rotatable bonds is 6. The predicted molar refractivity (Wildman–Crippen MR) is 255 cm³/mol. The molecule has 1 aromatic heterocycles. The fourth-order valence-corrected chi connectivity index (χ4v) is 9.86. The molecule has 0 saturated carbocycles. The molecule has 61 heavy (non-hydrogen) atoms. The fourth-order valence-electron chi connectivity index (χ4n) is 9.86. The van der Waals surface area contributed by atoms with Gasteiger partial charge in [0.2, 0.25) is 5.89 Å². The van der Waals surface area contributed by atoms with Crippen molar-refractivity contribution in [1.29, 1.82) is 0 Å². The molecule has 11 aromatic rings. The van der Waals surface area contributed by atoms with E-state index in [-0.39, 0.29) is 5.41 Å². The molecule has 0 unspecified atom stereocenters. The minimum atomic E-state index is -0.151. The van der Waals surface area contributed by atoms with Crippen molar-refractivity contribution < 1.29 is 4.42 Å². The second kappa shape index (κ2) is 13.7. The van der Waals surface area contributed by atoms with E-state index in [2.05, 4.69) is 195 Å². The van der Waals surface area contributed by atoms with Gasteiger partial charge in [-0.2, -0.15) is 0 Å². The van der Waals surface area contributed by atoms with Crippen molar-refractivity contribution in [3.63, 3.8) is 0 Å². The Morgan fingerprint density at radius 3 is 1.72 bits per heavy atom. The number of fused-ring (bicyclic) bond motifs is 10. The van der Waals surface area contributed by atoms with E-state index in [1.165, 1.54) is 66.1 Å². The van der Waals surface area contributed by atoms with Gasteiger partial charge in [-0.15, -0.1) is 0 Å². The van der Waals surface area contributed by atoms with Crippen LogP contribution in [0.5, 0.6) is 0 Å². The number of aromatic nitrogens is 1. The van der Waals surface area contributed by atoms with Gasteiger partial charge in [0.15, 0.2) is 5.58 Å². The average Bonchev–Trinajstić information content (AvgIpc) is 3.86. The molecule has 0 spiro atoms. The van der Waals surface area contributed by atoms with Crippen LogP contribution < -0.4 is 4.90 Å². The molecule has 3 nitrogen and oxygen atoms in total. The zero-order valence-electron chi connectivity index (χ0n) is 33.9. The van der Waals surface area contributed by atoms with E-state index in [1.54, 1.807) is 0 Å². The molecule has 10 aromatic carbocycles. The normalized spacial score (nSPS) is 12.9. The van der Waals surface area contributed by atoms with Crippen molar-refractivity contribution >= 4 is 60.5 Å². The first-order chi connectivity index (χ1) is 30.0. The summed E-state index contributed by atoms with van der Waals surface area (Å²) in [6, 6.07) is 74.5. The lowest BCUT2D eigenvalue weighted by Crippen LogP contribution is -2.15. The molecule has 0 aliphatic heterocycles. The molecule has 12 rings (SSSR count). The van der Waals surface area contributed by atoms with Gasteiger partial charge in [-0.3, -0.25) is 0 Å². The standard InChI is InChI=1S/C58H40N2O/c1-58(2)51-31-26-41(34-49(51)50-36-45(30-32-52(50)58)60(43-18-10-5-11-19-43)44-28-24-38(25-29-44)37-14-6-3-7-15-37)48-35-42-23-22-39-27-33-53-56(61-57(59-53)40-16-8-4-9-17-40)55(39)54(42)47-21-13-12-20-46(47)48/h3-36H,1-2H3. The number of oxazole rings is 1. The Kier molecular flexibility index (Phi) is 7.88. The topological polar surface area (TPSA) is 29.3 Å². The van der Waals surface area contributed by atoms with Gasteiger partial charge < -0.3 is 9.32 Å². The zero-order valence-corrected chi connectivity index (χ0v) is 33.9. The third-order valence-corrected chi connectivity index (χ3v) is 12.9. The molecule has 0 saturated heterocycles. The van der Waals surface area contributed by atoms with E-state index in [0.717, 1.165) is 44.5 Å². The smallest absolute Gasteiger partial charge is 0.227 e. The average molecular weight is 781 g/mol. The van der Waals surface area contributed by atoms with Crippen LogP contribution in [-0.2, 0) is 5.41 Å². The van der Waals surface area contributed by atoms with Gasteiger partial charge >= 0.3 is 0 Å². The van der Waals surface area contributed by atoms with Crippen LogP contribution in [-0.4, -0.2) is 4.98 Å². The highest BCUT2D eigenvalue weighted by atomic mass is 16.3. The zero-order chi connectivity index (χ0) is 40.7. The summed E-state index contributed by atoms with van der Waals surface area (Å²) in [4.78, 5) is 7.32. The third kappa shape index (κ3) is 5.62. The molecule has 0 fully saturated rings. The molecular formula is C58H40N2O. The van der Waals surface area contributed by atoms with Crippen LogP contribution in [0, 0.1) is 0 Å². The van der Waals surface area contributed by atoms with Crippen molar-refractivity contribution in [2.24, 2.45) is 0 Å². The summed E-state index contributed by atoms with van der Waals surface area (Å²) >= 11 is 0. The summed E-state index contributed by atoms with van der Waals surface area (Å²) in [6.07, 6.45) is 0. The summed E-state index contributed by atoms with van der Waals surface area (Å²) in [5, 5.41) is 7.01. The molecule has 1 aliphatic rings. The summed E-state index contributed by atoms with van der Waals surface area (Å²) in [7, 11) is 0. The number of hydrogen-bond acceptors (Lipinski definition) is 3. The number of hydrogen-bond donors (Lipinski definition) is 0. The van der Waals surface area contributed by atoms with E-state index in [0.29, 0.717) is 5.89 Å². The van der Waals surface area contributed by atoms with Crippen LogP contribution >= 0.6 is 0 Å². The van der Waals surface area contributed by atoms with Crippen molar-refractivity contribution in [3.05, 3.63) is 217 Å². The lowest BCUT2D eigenvalue weighted by atomic mass is 9.82. The highest BCUT2D eigenvalue weighted by Crippen LogP contribution is 2.52. The Bertz CT molecular complexity index is 3480. The molecule has 1 aliphatic carbocycles. The SMILES string of the molecule is CC1(C)c2ccc(-c3cc4ccc5ccc6nc(-c7ccccc7)oc6c5c4c4ccccc34)cc2-c2cc(N(c3ccccc3)c3ccc(-c4ccccc4)cc3)ccc21. The van der Waals surface area contributed by atoms with E-state index in [4.69, 9.17) is 9.40 Å². The number of para-hydroxylation sites is 1. The van der Waals surface area contributed by atoms with Gasteiger partial charge in [-0.1, -0.05) is 153 Å². The van der Waals surface area contributed by atoms with Gasteiger partial charge in [-0.25, -0.2) is 4.98 Å². The summed E-state index contributed by atoms with van der Waals surface area (Å²) in [5.41, 5.74) is 16.0. The van der Waals surface area contributed by atoms with E-state index >= 15 is 0 Å². The maximum atomic E-state index is 6.63. The largest absolute Gasteiger partial charge is 0.435 e. The Morgan fingerprint density at radius 2 is 0.967 bits per heavy atom. The van der Waals surface area contributed by atoms with Crippen LogP contribution in [0.4, 0.5) is 17.1 Å². The Balaban J connectivity index is 1.01. The van der Waals surface area contributed by atoms with Crippen LogP contribution in [0.2, 0.25) is 0 Å². The quantitative estimate of drug-likeness (QED) is 0.157. The predicted octanol–water partition coefficient (Wildman–Crippen LogP) is 16.1. The Hall–Kier alpha value is -7.75. The van der Waals surface area contributed by atoms with E-state index in [1.807, 2.05) is 30.3 Å². The number of anilines is 3. The molecular weight excluding hydrogens is 741 g/mol.